The minimum Gasteiger partial charge on any atom is -0.381 e. The smallest absolute Gasteiger partial charge is 0.261 e. The van der Waals surface area contributed by atoms with Crippen LogP contribution in [0.3, 0.4) is 0 Å². The molecule has 0 atom stereocenters. The first-order valence-electron chi connectivity index (χ1n) is 12.6. The van der Waals surface area contributed by atoms with Gasteiger partial charge in [0.25, 0.3) is 5.56 Å². The molecule has 0 spiro atoms. The Labute approximate surface area is 215 Å². The summed E-state index contributed by atoms with van der Waals surface area (Å²) in [5.74, 6) is -0.0197. The van der Waals surface area contributed by atoms with E-state index in [1.165, 1.54) is 0 Å². The second-order valence-corrected chi connectivity index (χ2v) is 9.93. The maximum Gasteiger partial charge on any atom is 0.261 e. The highest BCUT2D eigenvalue weighted by Gasteiger charge is 2.20. The van der Waals surface area contributed by atoms with Crippen LogP contribution in [0.4, 0.5) is 0 Å². The van der Waals surface area contributed by atoms with Crippen molar-refractivity contribution in [1.82, 2.24) is 29.2 Å². The van der Waals surface area contributed by atoms with Crippen LogP contribution in [0.15, 0.2) is 47.9 Å². The van der Waals surface area contributed by atoms with Crippen LogP contribution in [-0.4, -0.2) is 62.4 Å². The Kier molecular flexibility index (Phi) is 6.88. The Morgan fingerprint density at radius 3 is 2.59 bits per heavy atom. The third-order valence-electron chi connectivity index (χ3n) is 7.28. The van der Waals surface area contributed by atoms with Crippen LogP contribution in [0, 0.1) is 13.8 Å². The van der Waals surface area contributed by atoms with Gasteiger partial charge < -0.3 is 9.64 Å². The fourth-order valence-electron chi connectivity index (χ4n) is 4.80. The average molecular weight is 501 g/mol. The van der Waals surface area contributed by atoms with Crippen LogP contribution < -0.4 is 5.56 Å². The van der Waals surface area contributed by atoms with Gasteiger partial charge in [-0.15, -0.1) is 0 Å². The van der Waals surface area contributed by atoms with Crippen LogP contribution in [0.5, 0.6) is 0 Å². The predicted molar refractivity (Wildman–Crippen MR) is 142 cm³/mol. The van der Waals surface area contributed by atoms with Crippen molar-refractivity contribution < 1.29 is 9.53 Å². The largest absolute Gasteiger partial charge is 0.381 e. The van der Waals surface area contributed by atoms with Gasteiger partial charge in [-0.3, -0.25) is 23.8 Å². The normalized spacial score (nSPS) is 14.3. The minimum absolute atomic E-state index is 0.0134. The van der Waals surface area contributed by atoms with Crippen molar-refractivity contribution in [2.24, 2.45) is 0 Å². The van der Waals surface area contributed by atoms with E-state index in [1.807, 2.05) is 37.5 Å². The lowest BCUT2D eigenvalue weighted by Crippen LogP contribution is -2.29. The molecule has 0 aliphatic carbocycles. The maximum atomic E-state index is 13.4. The second-order valence-electron chi connectivity index (χ2n) is 9.93. The lowest BCUT2D eigenvalue weighted by atomic mass is 9.95. The first-order chi connectivity index (χ1) is 17.8. The van der Waals surface area contributed by atoms with E-state index in [1.54, 1.807) is 40.8 Å². The summed E-state index contributed by atoms with van der Waals surface area (Å²) in [6.07, 6.45) is 9.43. The van der Waals surface area contributed by atoms with Gasteiger partial charge in [-0.2, -0.15) is 5.10 Å². The second kappa shape index (κ2) is 10.3. The zero-order valence-electron chi connectivity index (χ0n) is 21.8. The summed E-state index contributed by atoms with van der Waals surface area (Å²) >= 11 is 0. The molecule has 1 aromatic carbocycles. The fourth-order valence-corrected chi connectivity index (χ4v) is 4.80. The van der Waals surface area contributed by atoms with E-state index in [4.69, 9.17) is 4.74 Å². The third kappa shape index (κ3) is 5.04. The van der Waals surface area contributed by atoms with Crippen LogP contribution in [0.1, 0.15) is 41.1 Å². The number of pyridine rings is 1. The lowest BCUT2D eigenvalue weighted by molar-refractivity contribution is -0.129. The van der Waals surface area contributed by atoms with Gasteiger partial charge in [0.1, 0.15) is 6.54 Å². The molecule has 9 nitrogen and oxygen atoms in total. The Morgan fingerprint density at radius 2 is 1.89 bits per heavy atom. The third-order valence-corrected chi connectivity index (χ3v) is 7.28. The topological polar surface area (TPSA) is 95.1 Å². The first-order valence-corrected chi connectivity index (χ1v) is 12.6. The number of likely N-dealkylation sites (N-methyl/N-ethyl adjacent to an activating group) is 1. The van der Waals surface area contributed by atoms with Crippen LogP contribution in [0.2, 0.25) is 0 Å². The molecule has 1 saturated heterocycles. The van der Waals surface area contributed by atoms with Crippen molar-refractivity contribution in [2.45, 2.75) is 45.7 Å². The summed E-state index contributed by atoms with van der Waals surface area (Å²) in [5.41, 5.74) is 6.75. The molecular formula is C28H32N6O3. The molecule has 192 valence electrons. The van der Waals surface area contributed by atoms with Gasteiger partial charge in [0.05, 0.1) is 29.1 Å². The molecule has 0 radical (unpaired) electrons. The highest BCUT2D eigenvalue weighted by Crippen LogP contribution is 2.26. The monoisotopic (exact) mass is 500 g/mol. The van der Waals surface area contributed by atoms with Gasteiger partial charge >= 0.3 is 0 Å². The molecular weight excluding hydrogens is 468 g/mol. The molecule has 0 unspecified atom stereocenters. The molecule has 1 aliphatic rings. The molecule has 4 aromatic rings. The molecule has 1 aliphatic heterocycles. The Bertz CT molecular complexity index is 1500. The Hall–Kier alpha value is -3.85. The predicted octanol–water partition coefficient (Wildman–Crippen LogP) is 3.30. The summed E-state index contributed by atoms with van der Waals surface area (Å²) < 4.78 is 8.87. The van der Waals surface area contributed by atoms with E-state index >= 15 is 0 Å². The van der Waals surface area contributed by atoms with Crippen molar-refractivity contribution in [2.75, 3.05) is 27.3 Å². The quantitative estimate of drug-likeness (QED) is 0.403. The van der Waals surface area contributed by atoms with Gasteiger partial charge in [-0.1, -0.05) is 6.07 Å². The lowest BCUT2D eigenvalue weighted by Gasteiger charge is -2.24. The number of nitrogens with zero attached hydrogens (tertiary/aromatic N) is 6. The summed E-state index contributed by atoms with van der Waals surface area (Å²) in [6, 6.07) is 6.15. The molecule has 0 saturated carbocycles. The number of rotatable bonds is 6. The Balaban J connectivity index is 1.40. The number of ether oxygens (including phenoxy) is 1. The summed E-state index contributed by atoms with van der Waals surface area (Å²) in [4.78, 5) is 36.3. The van der Waals surface area contributed by atoms with E-state index in [2.05, 4.69) is 22.0 Å². The van der Waals surface area contributed by atoms with Gasteiger partial charge in [0, 0.05) is 51.3 Å². The average Bonchev–Trinajstić information content (AvgIpc) is 3.37. The first kappa shape index (κ1) is 24.8. The van der Waals surface area contributed by atoms with Crippen molar-refractivity contribution in [3.05, 3.63) is 75.7 Å². The number of benzene rings is 1. The van der Waals surface area contributed by atoms with E-state index < -0.39 is 0 Å². The number of hydrogen-bond donors (Lipinski definition) is 0. The van der Waals surface area contributed by atoms with Crippen LogP contribution in [0.25, 0.3) is 22.2 Å². The molecule has 1 fully saturated rings. The van der Waals surface area contributed by atoms with E-state index in [0.29, 0.717) is 25.0 Å². The summed E-state index contributed by atoms with van der Waals surface area (Å²) in [5, 5.41) is 4.95. The van der Waals surface area contributed by atoms with E-state index in [9.17, 15) is 9.59 Å². The number of hydrogen-bond acceptors (Lipinski definition) is 6. The van der Waals surface area contributed by atoms with Crippen LogP contribution >= 0.6 is 0 Å². The number of amides is 1. The van der Waals surface area contributed by atoms with Gasteiger partial charge in [0.2, 0.25) is 5.91 Å². The molecule has 0 N–H and O–H groups in total. The van der Waals surface area contributed by atoms with Crippen molar-refractivity contribution in [1.29, 1.82) is 0 Å². The van der Waals surface area contributed by atoms with Gasteiger partial charge in [0.15, 0.2) is 0 Å². The number of carbonyl (C=O) groups is 1. The van der Waals surface area contributed by atoms with E-state index in [0.717, 1.165) is 51.9 Å². The molecule has 5 rings (SSSR count). The van der Waals surface area contributed by atoms with Crippen molar-refractivity contribution >= 4 is 16.8 Å². The maximum absolute atomic E-state index is 13.4. The Morgan fingerprint density at radius 1 is 1.11 bits per heavy atom. The van der Waals surface area contributed by atoms with E-state index in [-0.39, 0.29) is 24.1 Å². The number of aryl methyl sites for hydroxylation is 1. The summed E-state index contributed by atoms with van der Waals surface area (Å²) in [6.45, 7) is 5.65. The zero-order valence-corrected chi connectivity index (χ0v) is 21.8. The molecule has 0 bridgehead atoms. The SMILES string of the molecule is Cc1c(Cc2ccc(-c3cnn(CC(=O)N(C)C)c3)nc2)cc2c(=O)n(C3CCOCC3)cnc2c1C. The highest BCUT2D eigenvalue weighted by molar-refractivity contribution is 5.83. The van der Waals surface area contributed by atoms with Gasteiger partial charge in [-0.25, -0.2) is 4.98 Å². The zero-order chi connectivity index (χ0) is 26.1. The minimum atomic E-state index is -0.0197. The summed E-state index contributed by atoms with van der Waals surface area (Å²) in [7, 11) is 3.45. The standard InChI is InChI=1S/C28H32N6O3/c1-18-19(2)27-24(28(36)34(17-30-27)23-7-9-37-10-8-23)12-21(18)11-20-5-6-25(29-13-20)22-14-31-33(15-22)16-26(35)32(3)4/h5-6,12-15,17,23H,7-11,16H2,1-4H3. The van der Waals surface area contributed by atoms with Crippen molar-refractivity contribution in [3.63, 3.8) is 0 Å². The molecule has 9 heteroatoms. The molecule has 1 amide bonds. The molecule has 3 aromatic heterocycles. The number of fused-ring (bicyclic) bond motifs is 1. The van der Waals surface area contributed by atoms with Crippen molar-refractivity contribution in [3.8, 4) is 11.3 Å². The fraction of sp³-hybridized carbons (Fsp3) is 0.393. The van der Waals surface area contributed by atoms with Gasteiger partial charge in [-0.05, 0) is 67.5 Å². The molecule has 4 heterocycles. The molecule has 37 heavy (non-hydrogen) atoms. The number of carbonyl (C=O) groups excluding carboxylic acids is 1. The van der Waals surface area contributed by atoms with Crippen LogP contribution in [-0.2, 0) is 22.5 Å². The highest BCUT2D eigenvalue weighted by atomic mass is 16.5. The number of aromatic nitrogens is 5.